The van der Waals surface area contributed by atoms with Gasteiger partial charge in [-0.15, -0.1) is 0 Å². The Labute approximate surface area is 161 Å². The Balaban J connectivity index is 1.74. The van der Waals surface area contributed by atoms with E-state index in [0.29, 0.717) is 0 Å². The summed E-state index contributed by atoms with van der Waals surface area (Å²) in [5, 5.41) is 8.19. The number of amides is 1. The highest BCUT2D eigenvalue weighted by Crippen LogP contribution is 2.38. The Hall–Kier alpha value is -3.22. The number of hydrogen-bond donors (Lipinski definition) is 1. The number of carbonyl (C=O) groups is 2. The van der Waals surface area contributed by atoms with Crippen LogP contribution in [0.1, 0.15) is 25.8 Å². The van der Waals surface area contributed by atoms with Gasteiger partial charge in [0.25, 0.3) is 0 Å². The minimum absolute atomic E-state index is 0.0994. The predicted octanol–water partition coefficient (Wildman–Crippen LogP) is 3.08. The summed E-state index contributed by atoms with van der Waals surface area (Å²) in [6.07, 6.45) is 1.81. The molecule has 1 aliphatic heterocycles. The molecule has 2 atom stereocenters. The van der Waals surface area contributed by atoms with Crippen LogP contribution in [0.2, 0.25) is 0 Å². The fourth-order valence-electron chi connectivity index (χ4n) is 3.80. The Bertz CT molecular complexity index is 1060. The number of fused-ring (bicyclic) bond motifs is 1. The van der Waals surface area contributed by atoms with E-state index >= 15 is 0 Å². The first-order valence-corrected chi connectivity index (χ1v) is 9.14. The van der Waals surface area contributed by atoms with E-state index in [1.54, 1.807) is 29.9 Å². The summed E-state index contributed by atoms with van der Waals surface area (Å²) in [6, 6.07) is 11.8. The summed E-state index contributed by atoms with van der Waals surface area (Å²) in [4.78, 5) is 24.5. The molecule has 1 saturated heterocycles. The molecule has 2 heterocycles. The zero-order valence-electron chi connectivity index (χ0n) is 15.6. The van der Waals surface area contributed by atoms with Gasteiger partial charge in [-0.2, -0.15) is 5.10 Å². The van der Waals surface area contributed by atoms with Crippen LogP contribution in [0.5, 0.6) is 0 Å². The van der Waals surface area contributed by atoms with Gasteiger partial charge in [0.05, 0.1) is 35.5 Å². The zero-order chi connectivity index (χ0) is 19.9. The van der Waals surface area contributed by atoms with E-state index in [4.69, 9.17) is 4.74 Å². The Morgan fingerprint density at radius 2 is 2.07 bits per heavy atom. The molecule has 0 aliphatic carbocycles. The average molecular weight is 381 g/mol. The molecule has 7 heteroatoms. The third kappa shape index (κ3) is 2.93. The molecular formula is C21H20FN3O3. The Morgan fingerprint density at radius 3 is 2.79 bits per heavy atom. The maximum absolute atomic E-state index is 13.2. The van der Waals surface area contributed by atoms with E-state index in [0.717, 1.165) is 22.2 Å². The van der Waals surface area contributed by atoms with Crippen LogP contribution >= 0.6 is 0 Å². The van der Waals surface area contributed by atoms with E-state index in [9.17, 15) is 14.0 Å². The summed E-state index contributed by atoms with van der Waals surface area (Å²) in [5.41, 5.74) is 1.54. The van der Waals surface area contributed by atoms with Crippen molar-refractivity contribution in [3.63, 3.8) is 0 Å². The van der Waals surface area contributed by atoms with Crippen molar-refractivity contribution in [2.24, 2.45) is 5.92 Å². The first kappa shape index (κ1) is 18.2. The number of benzene rings is 2. The normalized spacial score (nSPS) is 21.7. The highest BCUT2D eigenvalue weighted by atomic mass is 19.1. The molecule has 0 bridgehead atoms. The van der Waals surface area contributed by atoms with Crippen molar-refractivity contribution in [1.29, 1.82) is 0 Å². The van der Waals surface area contributed by atoms with Gasteiger partial charge in [0.1, 0.15) is 5.82 Å². The second-order valence-electron chi connectivity index (χ2n) is 7.07. The minimum Gasteiger partial charge on any atom is -0.466 e. The zero-order valence-corrected chi connectivity index (χ0v) is 15.6. The number of nitrogens with zero attached hydrogens (tertiary/aromatic N) is 2. The Morgan fingerprint density at radius 1 is 1.32 bits per heavy atom. The summed E-state index contributed by atoms with van der Waals surface area (Å²) < 4.78 is 20.1. The van der Waals surface area contributed by atoms with Crippen LogP contribution in [0.3, 0.4) is 0 Å². The van der Waals surface area contributed by atoms with Gasteiger partial charge in [-0.05, 0) is 55.8 Å². The summed E-state index contributed by atoms with van der Waals surface area (Å²) >= 11 is 0. The number of esters is 1. The summed E-state index contributed by atoms with van der Waals surface area (Å²) in [5.74, 6) is -1.46. The predicted molar refractivity (Wildman–Crippen MR) is 101 cm³/mol. The molecule has 144 valence electrons. The molecule has 1 fully saturated rings. The molecule has 1 N–H and O–H groups in total. The standard InChI is InChI=1S/C21H20FN3O3/c1-3-28-20(27)17-11-19(26)24-21(17,2)14-4-9-18-13(10-14)12-23-25(18)16-7-5-15(22)6-8-16/h4-10,12,17H,3,11H2,1-2H3,(H,24,26)/t17-,21-/m1/s1. The largest absolute Gasteiger partial charge is 0.466 e. The maximum Gasteiger partial charge on any atom is 0.312 e. The molecule has 0 radical (unpaired) electrons. The van der Waals surface area contributed by atoms with E-state index < -0.39 is 11.5 Å². The van der Waals surface area contributed by atoms with Crippen LogP contribution in [0, 0.1) is 11.7 Å². The SMILES string of the molecule is CCOC(=O)[C@H]1CC(=O)N[C@]1(C)c1ccc2c(cnn2-c2ccc(F)cc2)c1. The topological polar surface area (TPSA) is 73.2 Å². The molecule has 1 aromatic heterocycles. The van der Waals surface area contributed by atoms with Crippen LogP contribution in [0.25, 0.3) is 16.6 Å². The molecule has 0 saturated carbocycles. The molecule has 28 heavy (non-hydrogen) atoms. The fraction of sp³-hybridized carbons (Fsp3) is 0.286. The van der Waals surface area contributed by atoms with Crippen LogP contribution in [0.15, 0.2) is 48.7 Å². The first-order chi connectivity index (χ1) is 13.4. The maximum atomic E-state index is 13.2. The van der Waals surface area contributed by atoms with E-state index in [1.807, 2.05) is 25.1 Å². The summed E-state index contributed by atoms with van der Waals surface area (Å²) in [6.45, 7) is 3.85. The van der Waals surface area contributed by atoms with Crippen LogP contribution in [-0.4, -0.2) is 28.3 Å². The van der Waals surface area contributed by atoms with Crippen molar-refractivity contribution in [1.82, 2.24) is 15.1 Å². The van der Waals surface area contributed by atoms with Crippen LogP contribution < -0.4 is 5.32 Å². The summed E-state index contributed by atoms with van der Waals surface area (Å²) in [7, 11) is 0. The minimum atomic E-state index is -0.852. The lowest BCUT2D eigenvalue weighted by Gasteiger charge is -2.30. The molecular weight excluding hydrogens is 361 g/mol. The van der Waals surface area contributed by atoms with Gasteiger partial charge in [-0.3, -0.25) is 9.59 Å². The molecule has 2 aromatic carbocycles. The van der Waals surface area contributed by atoms with Crippen molar-refractivity contribution in [3.8, 4) is 5.69 Å². The van der Waals surface area contributed by atoms with Crippen molar-refractivity contribution in [3.05, 3.63) is 60.0 Å². The molecule has 4 rings (SSSR count). The second kappa shape index (κ2) is 6.74. The van der Waals surface area contributed by atoms with Crippen LogP contribution in [-0.2, 0) is 19.9 Å². The van der Waals surface area contributed by atoms with Crippen molar-refractivity contribution in [2.45, 2.75) is 25.8 Å². The number of aromatic nitrogens is 2. The van der Waals surface area contributed by atoms with Gasteiger partial charge in [-0.25, -0.2) is 9.07 Å². The second-order valence-corrected chi connectivity index (χ2v) is 7.07. The smallest absolute Gasteiger partial charge is 0.312 e. The monoisotopic (exact) mass is 381 g/mol. The molecule has 1 aliphatic rings. The van der Waals surface area contributed by atoms with Gasteiger partial charge >= 0.3 is 5.97 Å². The third-order valence-electron chi connectivity index (χ3n) is 5.30. The van der Waals surface area contributed by atoms with Gasteiger partial charge in [0.2, 0.25) is 5.91 Å². The average Bonchev–Trinajstić information content (AvgIpc) is 3.23. The van der Waals surface area contributed by atoms with Gasteiger partial charge in [0.15, 0.2) is 0 Å². The highest BCUT2D eigenvalue weighted by molar-refractivity contribution is 5.90. The van der Waals surface area contributed by atoms with Crippen molar-refractivity contribution < 1.29 is 18.7 Å². The molecule has 1 amide bonds. The van der Waals surface area contributed by atoms with Crippen molar-refractivity contribution in [2.75, 3.05) is 6.61 Å². The van der Waals surface area contributed by atoms with Gasteiger partial charge in [-0.1, -0.05) is 6.07 Å². The lowest BCUT2D eigenvalue weighted by atomic mass is 9.81. The van der Waals surface area contributed by atoms with Gasteiger partial charge in [0, 0.05) is 11.8 Å². The third-order valence-corrected chi connectivity index (χ3v) is 5.30. The number of hydrogen-bond acceptors (Lipinski definition) is 4. The van der Waals surface area contributed by atoms with E-state index in [-0.39, 0.29) is 30.7 Å². The number of halogens is 1. The molecule has 0 unspecified atom stereocenters. The molecule has 6 nitrogen and oxygen atoms in total. The molecule has 3 aromatic rings. The van der Waals surface area contributed by atoms with E-state index in [2.05, 4.69) is 10.4 Å². The van der Waals surface area contributed by atoms with Crippen molar-refractivity contribution >= 4 is 22.8 Å². The van der Waals surface area contributed by atoms with E-state index in [1.165, 1.54) is 12.1 Å². The lowest BCUT2D eigenvalue weighted by Crippen LogP contribution is -2.43. The molecule has 0 spiro atoms. The number of ether oxygens (including phenoxy) is 1. The number of nitrogens with one attached hydrogen (secondary N) is 1. The quantitative estimate of drug-likeness (QED) is 0.705. The highest BCUT2D eigenvalue weighted by Gasteiger charge is 2.49. The number of carbonyl (C=O) groups excluding carboxylic acids is 2. The van der Waals surface area contributed by atoms with Crippen LogP contribution in [0.4, 0.5) is 4.39 Å². The Kier molecular flexibility index (Phi) is 4.37. The number of rotatable bonds is 4. The first-order valence-electron chi connectivity index (χ1n) is 9.14. The van der Waals surface area contributed by atoms with Gasteiger partial charge < -0.3 is 10.1 Å². The lowest BCUT2D eigenvalue weighted by molar-refractivity contribution is -0.150. The fourth-order valence-corrected chi connectivity index (χ4v) is 3.80.